The van der Waals surface area contributed by atoms with Gasteiger partial charge in [0.25, 0.3) is 0 Å². The monoisotopic (exact) mass is 247 g/mol. The number of hydrogen-bond donors (Lipinski definition) is 0. The average molecular weight is 248 g/mol. The maximum absolute atomic E-state index is 6.02. The van der Waals surface area contributed by atoms with Crippen LogP contribution in [-0.4, -0.2) is 15.0 Å². The first-order valence-corrected chi connectivity index (χ1v) is 6.03. The smallest absolute Gasteiger partial charge is 0.161 e. The summed E-state index contributed by atoms with van der Waals surface area (Å²) in [7, 11) is 0. The molecule has 0 bridgehead atoms. The minimum Gasteiger partial charge on any atom is -0.264 e. The van der Waals surface area contributed by atoms with Crippen LogP contribution in [0.25, 0.3) is 11.4 Å². The topological polar surface area (TPSA) is 38.7 Å². The molecule has 0 aliphatic heterocycles. The third kappa shape index (κ3) is 2.80. The van der Waals surface area contributed by atoms with E-state index >= 15 is 0 Å². The van der Waals surface area contributed by atoms with Crippen LogP contribution < -0.4 is 0 Å². The van der Waals surface area contributed by atoms with Crippen LogP contribution in [-0.2, 0) is 6.42 Å². The molecule has 0 unspecified atom stereocenters. The molecule has 2 heterocycles. The molecule has 0 aliphatic carbocycles. The van der Waals surface area contributed by atoms with Gasteiger partial charge in [0.15, 0.2) is 5.82 Å². The maximum atomic E-state index is 6.02. The highest BCUT2D eigenvalue weighted by atomic mass is 35.5. The first-order valence-electron chi connectivity index (χ1n) is 5.65. The quantitative estimate of drug-likeness (QED) is 0.780. The fraction of sp³-hybridized carbons (Fsp3) is 0.308. The van der Waals surface area contributed by atoms with Crippen molar-refractivity contribution in [1.29, 1.82) is 0 Å². The normalized spacial score (nSPS) is 10.5. The zero-order valence-electron chi connectivity index (χ0n) is 9.94. The molecule has 0 atom stereocenters. The Balaban J connectivity index is 2.48. The van der Waals surface area contributed by atoms with Crippen molar-refractivity contribution in [3.63, 3.8) is 0 Å². The summed E-state index contributed by atoms with van der Waals surface area (Å²) in [6.45, 7) is 4.11. The summed E-state index contributed by atoms with van der Waals surface area (Å²) in [6.07, 6.45) is 5.51. The van der Waals surface area contributed by atoms with Crippen molar-refractivity contribution in [2.75, 3.05) is 0 Å². The second kappa shape index (κ2) is 5.23. The Morgan fingerprint density at radius 2 is 2.12 bits per heavy atom. The number of aryl methyl sites for hydroxylation is 2. The van der Waals surface area contributed by atoms with Gasteiger partial charge in [-0.15, -0.1) is 0 Å². The van der Waals surface area contributed by atoms with Crippen molar-refractivity contribution in [2.45, 2.75) is 26.7 Å². The van der Waals surface area contributed by atoms with Gasteiger partial charge in [0.2, 0.25) is 0 Å². The molecule has 3 nitrogen and oxygen atoms in total. The number of rotatable bonds is 3. The summed E-state index contributed by atoms with van der Waals surface area (Å²) in [5.41, 5.74) is 3.02. The van der Waals surface area contributed by atoms with E-state index in [0.717, 1.165) is 29.7 Å². The fourth-order valence-corrected chi connectivity index (χ4v) is 1.90. The predicted molar refractivity (Wildman–Crippen MR) is 69.0 cm³/mol. The van der Waals surface area contributed by atoms with Crippen molar-refractivity contribution < 1.29 is 0 Å². The molecule has 0 fully saturated rings. The minimum atomic E-state index is 0.495. The largest absolute Gasteiger partial charge is 0.264 e. The van der Waals surface area contributed by atoms with Crippen molar-refractivity contribution in [3.8, 4) is 11.4 Å². The molecular weight excluding hydrogens is 234 g/mol. The van der Waals surface area contributed by atoms with Crippen LogP contribution in [0, 0.1) is 6.92 Å². The molecule has 0 N–H and O–H groups in total. The van der Waals surface area contributed by atoms with Crippen molar-refractivity contribution in [3.05, 3.63) is 40.9 Å². The molecule has 0 aromatic carbocycles. The van der Waals surface area contributed by atoms with Crippen molar-refractivity contribution in [2.24, 2.45) is 0 Å². The molecule has 0 saturated heterocycles. The standard InChI is InChI=1S/C13H14ClN3/c1-3-4-10-7-12(14)17-13(16-10)11-5-6-15-8-9(11)2/h5-8H,3-4H2,1-2H3. The third-order valence-corrected chi connectivity index (χ3v) is 2.71. The number of halogens is 1. The molecule has 88 valence electrons. The fourth-order valence-electron chi connectivity index (χ4n) is 1.69. The van der Waals surface area contributed by atoms with Gasteiger partial charge in [-0.3, -0.25) is 4.98 Å². The molecule has 0 saturated carbocycles. The molecule has 2 aromatic heterocycles. The summed E-state index contributed by atoms with van der Waals surface area (Å²) in [5.74, 6) is 0.681. The van der Waals surface area contributed by atoms with Crippen LogP contribution in [0.3, 0.4) is 0 Å². The summed E-state index contributed by atoms with van der Waals surface area (Å²) >= 11 is 6.02. The average Bonchev–Trinajstić information content (AvgIpc) is 2.29. The Hall–Kier alpha value is -1.48. The summed E-state index contributed by atoms with van der Waals surface area (Å²) < 4.78 is 0. The Morgan fingerprint density at radius 1 is 1.29 bits per heavy atom. The van der Waals surface area contributed by atoms with E-state index in [0.29, 0.717) is 11.0 Å². The van der Waals surface area contributed by atoms with E-state index in [4.69, 9.17) is 11.6 Å². The van der Waals surface area contributed by atoms with Crippen molar-refractivity contribution in [1.82, 2.24) is 15.0 Å². The third-order valence-electron chi connectivity index (χ3n) is 2.52. The Bertz CT molecular complexity index is 526. The number of pyridine rings is 1. The van der Waals surface area contributed by atoms with Gasteiger partial charge < -0.3 is 0 Å². The zero-order chi connectivity index (χ0) is 12.3. The van der Waals surface area contributed by atoms with Gasteiger partial charge in [0, 0.05) is 23.7 Å². The molecular formula is C13H14ClN3. The first kappa shape index (κ1) is 12.0. The molecule has 2 aromatic rings. The lowest BCUT2D eigenvalue weighted by Crippen LogP contribution is -1.97. The SMILES string of the molecule is CCCc1cc(Cl)nc(-c2ccncc2C)n1. The van der Waals surface area contributed by atoms with E-state index < -0.39 is 0 Å². The van der Waals surface area contributed by atoms with Crippen molar-refractivity contribution >= 4 is 11.6 Å². The Kier molecular flexibility index (Phi) is 3.69. The molecule has 0 amide bonds. The molecule has 4 heteroatoms. The highest BCUT2D eigenvalue weighted by molar-refractivity contribution is 6.29. The van der Waals surface area contributed by atoms with E-state index in [9.17, 15) is 0 Å². The minimum absolute atomic E-state index is 0.495. The van der Waals surface area contributed by atoms with Crippen LogP contribution in [0.1, 0.15) is 24.6 Å². The second-order valence-electron chi connectivity index (χ2n) is 3.95. The maximum Gasteiger partial charge on any atom is 0.161 e. The Labute approximate surface area is 106 Å². The summed E-state index contributed by atoms with van der Waals surface area (Å²) in [4.78, 5) is 12.9. The predicted octanol–water partition coefficient (Wildman–Crippen LogP) is 3.45. The van der Waals surface area contributed by atoms with Gasteiger partial charge >= 0.3 is 0 Å². The number of nitrogens with zero attached hydrogens (tertiary/aromatic N) is 3. The lowest BCUT2D eigenvalue weighted by molar-refractivity contribution is 0.875. The number of aromatic nitrogens is 3. The molecule has 17 heavy (non-hydrogen) atoms. The molecule has 0 radical (unpaired) electrons. The van der Waals surface area contributed by atoms with Gasteiger partial charge in [0.05, 0.1) is 0 Å². The Morgan fingerprint density at radius 3 is 2.82 bits per heavy atom. The lowest BCUT2D eigenvalue weighted by Gasteiger charge is -2.06. The summed E-state index contributed by atoms with van der Waals surface area (Å²) in [5, 5.41) is 0.495. The van der Waals surface area contributed by atoms with E-state index in [2.05, 4.69) is 21.9 Å². The van der Waals surface area contributed by atoms with Gasteiger partial charge in [0.1, 0.15) is 5.15 Å². The number of hydrogen-bond acceptors (Lipinski definition) is 3. The second-order valence-corrected chi connectivity index (χ2v) is 4.33. The lowest BCUT2D eigenvalue weighted by atomic mass is 10.1. The highest BCUT2D eigenvalue weighted by Gasteiger charge is 2.07. The van der Waals surface area contributed by atoms with E-state index in [1.807, 2.05) is 19.1 Å². The summed E-state index contributed by atoms with van der Waals surface area (Å²) in [6, 6.07) is 3.74. The van der Waals surface area contributed by atoms with Crippen LogP contribution in [0.15, 0.2) is 24.5 Å². The first-order chi connectivity index (χ1) is 8.20. The van der Waals surface area contributed by atoms with Crippen LogP contribution >= 0.6 is 11.6 Å². The highest BCUT2D eigenvalue weighted by Crippen LogP contribution is 2.21. The van der Waals surface area contributed by atoms with Gasteiger partial charge in [-0.1, -0.05) is 24.9 Å². The zero-order valence-corrected chi connectivity index (χ0v) is 10.7. The van der Waals surface area contributed by atoms with E-state index in [1.54, 1.807) is 12.4 Å². The molecule has 0 spiro atoms. The van der Waals surface area contributed by atoms with Crippen LogP contribution in [0.5, 0.6) is 0 Å². The molecule has 0 aliphatic rings. The van der Waals surface area contributed by atoms with Gasteiger partial charge in [-0.05, 0) is 31.0 Å². The van der Waals surface area contributed by atoms with Crippen LogP contribution in [0.4, 0.5) is 0 Å². The van der Waals surface area contributed by atoms with E-state index in [-0.39, 0.29) is 0 Å². The van der Waals surface area contributed by atoms with Gasteiger partial charge in [-0.2, -0.15) is 0 Å². The van der Waals surface area contributed by atoms with E-state index in [1.165, 1.54) is 0 Å². The van der Waals surface area contributed by atoms with Crippen LogP contribution in [0.2, 0.25) is 5.15 Å². The van der Waals surface area contributed by atoms with Gasteiger partial charge in [-0.25, -0.2) is 9.97 Å². The molecule has 2 rings (SSSR count).